The van der Waals surface area contributed by atoms with Gasteiger partial charge in [-0.1, -0.05) is 0 Å². The summed E-state index contributed by atoms with van der Waals surface area (Å²) in [7, 11) is 0. The molecule has 0 unspecified atom stereocenters. The zero-order chi connectivity index (χ0) is 13.3. The molecule has 0 fully saturated rings. The second-order valence-corrected chi connectivity index (χ2v) is 4.19. The molecule has 0 aliphatic heterocycles. The van der Waals surface area contributed by atoms with E-state index in [1.54, 1.807) is 4.68 Å². The second-order valence-electron chi connectivity index (χ2n) is 4.19. The monoisotopic (exact) mass is 248 g/mol. The highest BCUT2D eigenvalue weighted by Crippen LogP contribution is 2.14. The van der Waals surface area contributed by atoms with E-state index in [4.69, 9.17) is 5.11 Å². The van der Waals surface area contributed by atoms with Crippen LogP contribution in [0.5, 0.6) is 0 Å². The third-order valence-electron chi connectivity index (χ3n) is 2.72. The molecule has 1 N–H and O–H groups in total. The summed E-state index contributed by atoms with van der Waals surface area (Å²) >= 11 is 0. The third-order valence-corrected chi connectivity index (χ3v) is 2.72. The van der Waals surface area contributed by atoms with Gasteiger partial charge in [-0.05, 0) is 43.7 Å². The first-order chi connectivity index (χ1) is 8.47. The van der Waals surface area contributed by atoms with Crippen molar-refractivity contribution < 1.29 is 14.3 Å². The normalized spacial score (nSPS) is 10.6. The maximum absolute atomic E-state index is 13.2. The van der Waals surface area contributed by atoms with Gasteiger partial charge in [-0.3, -0.25) is 4.68 Å². The number of benzene rings is 1. The highest BCUT2D eigenvalue weighted by Gasteiger charge is 2.12. The SMILES string of the molecule is Cc1cc(C)n(Cc2cc(F)ccc2C(=O)O)n1. The highest BCUT2D eigenvalue weighted by molar-refractivity contribution is 5.89. The largest absolute Gasteiger partial charge is 0.478 e. The molecule has 0 atom stereocenters. The topological polar surface area (TPSA) is 55.1 Å². The predicted molar refractivity (Wildman–Crippen MR) is 64.2 cm³/mol. The number of halogens is 1. The van der Waals surface area contributed by atoms with Crippen molar-refractivity contribution in [3.8, 4) is 0 Å². The van der Waals surface area contributed by atoms with Gasteiger partial charge in [0.1, 0.15) is 5.82 Å². The predicted octanol–water partition coefficient (Wildman–Crippen LogP) is 2.39. The first-order valence-electron chi connectivity index (χ1n) is 5.50. The summed E-state index contributed by atoms with van der Waals surface area (Å²) < 4.78 is 14.9. The van der Waals surface area contributed by atoms with Gasteiger partial charge in [-0.15, -0.1) is 0 Å². The van der Waals surface area contributed by atoms with Crippen molar-refractivity contribution in [1.82, 2.24) is 9.78 Å². The lowest BCUT2D eigenvalue weighted by atomic mass is 10.1. The summed E-state index contributed by atoms with van der Waals surface area (Å²) in [4.78, 5) is 11.1. The van der Waals surface area contributed by atoms with Crippen molar-refractivity contribution in [1.29, 1.82) is 0 Å². The Morgan fingerprint density at radius 3 is 2.67 bits per heavy atom. The van der Waals surface area contributed by atoms with E-state index in [-0.39, 0.29) is 12.1 Å². The van der Waals surface area contributed by atoms with Crippen LogP contribution >= 0.6 is 0 Å². The van der Waals surface area contributed by atoms with E-state index in [1.807, 2.05) is 19.9 Å². The molecule has 0 saturated heterocycles. The summed E-state index contributed by atoms with van der Waals surface area (Å²) in [5.74, 6) is -1.51. The van der Waals surface area contributed by atoms with Crippen LogP contribution in [0.4, 0.5) is 4.39 Å². The van der Waals surface area contributed by atoms with Crippen molar-refractivity contribution in [3.05, 3.63) is 52.6 Å². The van der Waals surface area contributed by atoms with E-state index in [1.165, 1.54) is 12.1 Å². The Morgan fingerprint density at radius 2 is 2.11 bits per heavy atom. The molecule has 94 valence electrons. The van der Waals surface area contributed by atoms with E-state index in [2.05, 4.69) is 5.10 Å². The molecule has 0 saturated carbocycles. The maximum Gasteiger partial charge on any atom is 0.336 e. The van der Waals surface area contributed by atoms with Crippen LogP contribution in [-0.2, 0) is 6.54 Å². The van der Waals surface area contributed by atoms with Crippen LogP contribution in [0.25, 0.3) is 0 Å². The number of aryl methyl sites for hydroxylation is 2. The molecule has 0 aliphatic rings. The van der Waals surface area contributed by atoms with Gasteiger partial charge in [-0.2, -0.15) is 5.10 Å². The molecule has 1 aromatic heterocycles. The number of aromatic carboxylic acids is 1. The number of hydrogen-bond donors (Lipinski definition) is 1. The summed E-state index contributed by atoms with van der Waals surface area (Å²) in [6.45, 7) is 3.98. The lowest BCUT2D eigenvalue weighted by Gasteiger charge is -2.08. The van der Waals surface area contributed by atoms with Crippen LogP contribution in [0.2, 0.25) is 0 Å². The van der Waals surface area contributed by atoms with Gasteiger partial charge in [0.05, 0.1) is 17.8 Å². The number of hydrogen-bond acceptors (Lipinski definition) is 2. The third kappa shape index (κ3) is 2.40. The Labute approximate surface area is 104 Å². The van der Waals surface area contributed by atoms with Crippen LogP contribution < -0.4 is 0 Å². The molecule has 0 bridgehead atoms. The average molecular weight is 248 g/mol. The lowest BCUT2D eigenvalue weighted by Crippen LogP contribution is -2.10. The molecule has 1 aromatic carbocycles. The van der Waals surface area contributed by atoms with Crippen LogP contribution in [0.3, 0.4) is 0 Å². The van der Waals surface area contributed by atoms with Crippen molar-refractivity contribution in [2.75, 3.05) is 0 Å². The van der Waals surface area contributed by atoms with Gasteiger partial charge in [-0.25, -0.2) is 9.18 Å². The summed E-state index contributed by atoms with van der Waals surface area (Å²) in [6.07, 6.45) is 0. The number of nitrogens with zero attached hydrogens (tertiary/aromatic N) is 2. The molecule has 0 radical (unpaired) electrons. The number of carboxylic acid groups (broad SMARTS) is 1. The van der Waals surface area contributed by atoms with Gasteiger partial charge in [0.15, 0.2) is 0 Å². The fraction of sp³-hybridized carbons (Fsp3) is 0.231. The Morgan fingerprint density at radius 1 is 1.39 bits per heavy atom. The van der Waals surface area contributed by atoms with Crippen LogP contribution in [-0.4, -0.2) is 20.9 Å². The molecule has 0 aliphatic carbocycles. The first kappa shape index (κ1) is 12.3. The molecule has 0 amide bonds. The number of carbonyl (C=O) groups is 1. The minimum atomic E-state index is -1.06. The van der Waals surface area contributed by atoms with Crippen LogP contribution in [0, 0.1) is 19.7 Å². The minimum Gasteiger partial charge on any atom is -0.478 e. The zero-order valence-corrected chi connectivity index (χ0v) is 10.1. The fourth-order valence-electron chi connectivity index (χ4n) is 1.90. The van der Waals surface area contributed by atoms with Crippen molar-refractivity contribution in [2.24, 2.45) is 0 Å². The van der Waals surface area contributed by atoms with Gasteiger partial charge in [0.2, 0.25) is 0 Å². The summed E-state index contributed by atoms with van der Waals surface area (Å²) in [5, 5.41) is 13.3. The van der Waals surface area contributed by atoms with Crippen molar-refractivity contribution >= 4 is 5.97 Å². The molecule has 5 heteroatoms. The van der Waals surface area contributed by atoms with E-state index in [0.717, 1.165) is 17.5 Å². The Hall–Kier alpha value is -2.17. The minimum absolute atomic E-state index is 0.101. The van der Waals surface area contributed by atoms with E-state index in [0.29, 0.717) is 5.56 Å². The first-order valence-corrected chi connectivity index (χ1v) is 5.50. The smallest absolute Gasteiger partial charge is 0.336 e. The number of carboxylic acids is 1. The van der Waals surface area contributed by atoms with Crippen LogP contribution in [0.15, 0.2) is 24.3 Å². The Kier molecular flexibility index (Phi) is 3.14. The van der Waals surface area contributed by atoms with E-state index >= 15 is 0 Å². The molecule has 0 spiro atoms. The van der Waals surface area contributed by atoms with Crippen molar-refractivity contribution in [2.45, 2.75) is 20.4 Å². The quantitative estimate of drug-likeness (QED) is 0.907. The van der Waals surface area contributed by atoms with Gasteiger partial charge >= 0.3 is 5.97 Å². The molecular formula is C13H13FN2O2. The van der Waals surface area contributed by atoms with E-state index in [9.17, 15) is 9.18 Å². The van der Waals surface area contributed by atoms with E-state index < -0.39 is 11.8 Å². The summed E-state index contributed by atoms with van der Waals surface area (Å²) in [5.41, 5.74) is 2.27. The second kappa shape index (κ2) is 4.60. The Bertz CT molecular complexity index is 605. The maximum atomic E-state index is 13.2. The van der Waals surface area contributed by atoms with Gasteiger partial charge in [0, 0.05) is 5.69 Å². The lowest BCUT2D eigenvalue weighted by molar-refractivity contribution is 0.0695. The molecule has 1 heterocycles. The van der Waals surface area contributed by atoms with Crippen molar-refractivity contribution in [3.63, 3.8) is 0 Å². The number of rotatable bonds is 3. The van der Waals surface area contributed by atoms with Crippen LogP contribution in [0.1, 0.15) is 27.3 Å². The molecular weight excluding hydrogens is 235 g/mol. The highest BCUT2D eigenvalue weighted by atomic mass is 19.1. The van der Waals surface area contributed by atoms with Gasteiger partial charge < -0.3 is 5.11 Å². The molecule has 2 rings (SSSR count). The number of aromatic nitrogens is 2. The zero-order valence-electron chi connectivity index (χ0n) is 10.1. The van der Waals surface area contributed by atoms with Gasteiger partial charge in [0.25, 0.3) is 0 Å². The molecule has 18 heavy (non-hydrogen) atoms. The standard InChI is InChI=1S/C13H13FN2O2/c1-8-5-9(2)16(15-8)7-10-6-11(14)3-4-12(10)13(17)18/h3-6H,7H2,1-2H3,(H,17,18). The molecule has 4 nitrogen and oxygen atoms in total. The average Bonchev–Trinajstić information content (AvgIpc) is 2.57. The Balaban J connectivity index is 2.42. The fourth-order valence-corrected chi connectivity index (χ4v) is 1.90. The summed E-state index contributed by atoms with van der Waals surface area (Å²) in [6, 6.07) is 5.55. The molecule has 2 aromatic rings.